The van der Waals surface area contributed by atoms with Crippen LogP contribution in [0.1, 0.15) is 12.6 Å². The molecule has 0 aliphatic carbocycles. The first-order chi connectivity index (χ1) is 6.25. The number of nitrogens with zero attached hydrogens (tertiary/aromatic N) is 1. The maximum Gasteiger partial charge on any atom is 0.135 e. The van der Waals surface area contributed by atoms with Crippen LogP contribution in [0.4, 0.5) is 0 Å². The van der Waals surface area contributed by atoms with Crippen molar-refractivity contribution >= 4 is 16.7 Å². The van der Waals surface area contributed by atoms with Crippen LogP contribution in [0.25, 0.3) is 10.9 Å². The molecule has 0 saturated carbocycles. The molecule has 3 nitrogen and oxygen atoms in total. The number of pyridine rings is 1. The molecule has 13 heavy (non-hydrogen) atoms. The van der Waals surface area contributed by atoms with Gasteiger partial charge in [-0.05, 0) is 19.1 Å². The second-order valence-corrected chi connectivity index (χ2v) is 3.12. The van der Waals surface area contributed by atoms with Crippen LogP contribution in [0.2, 0.25) is 0 Å². The number of nitrogens with one attached hydrogen (secondary N) is 1. The van der Waals surface area contributed by atoms with E-state index >= 15 is 0 Å². The zero-order valence-electron chi connectivity index (χ0n) is 7.37. The lowest BCUT2D eigenvalue weighted by Gasteiger charge is -1.96. The fourth-order valence-corrected chi connectivity index (χ4v) is 1.35. The van der Waals surface area contributed by atoms with Crippen LogP contribution in [-0.2, 0) is 11.2 Å². The van der Waals surface area contributed by atoms with E-state index in [1.807, 2.05) is 18.3 Å². The van der Waals surface area contributed by atoms with E-state index in [-0.39, 0.29) is 5.78 Å². The fourth-order valence-electron chi connectivity index (χ4n) is 1.35. The van der Waals surface area contributed by atoms with Crippen LogP contribution in [0, 0.1) is 0 Å². The van der Waals surface area contributed by atoms with Crippen LogP contribution >= 0.6 is 0 Å². The van der Waals surface area contributed by atoms with Crippen molar-refractivity contribution in [2.45, 2.75) is 13.3 Å². The minimum absolute atomic E-state index is 0.141. The summed E-state index contributed by atoms with van der Waals surface area (Å²) in [6, 6.07) is 3.91. The molecule has 0 bridgehead atoms. The van der Waals surface area contributed by atoms with E-state index in [0.29, 0.717) is 6.42 Å². The zero-order valence-corrected chi connectivity index (χ0v) is 7.37. The number of hydrogen-bond acceptors (Lipinski definition) is 2. The van der Waals surface area contributed by atoms with Gasteiger partial charge in [0.15, 0.2) is 0 Å². The minimum Gasteiger partial charge on any atom is -0.360 e. The summed E-state index contributed by atoms with van der Waals surface area (Å²) in [5, 5.41) is 1.10. The highest BCUT2D eigenvalue weighted by Crippen LogP contribution is 2.11. The third-order valence-corrected chi connectivity index (χ3v) is 1.92. The maximum atomic E-state index is 10.8. The van der Waals surface area contributed by atoms with Crippen LogP contribution in [0.5, 0.6) is 0 Å². The summed E-state index contributed by atoms with van der Waals surface area (Å²) in [4.78, 5) is 18.1. The van der Waals surface area contributed by atoms with Gasteiger partial charge in [0.25, 0.3) is 0 Å². The molecule has 2 heterocycles. The van der Waals surface area contributed by atoms with Crippen LogP contribution in [0.15, 0.2) is 24.5 Å². The van der Waals surface area contributed by atoms with E-state index in [4.69, 9.17) is 0 Å². The van der Waals surface area contributed by atoms with Gasteiger partial charge in [-0.15, -0.1) is 0 Å². The molecule has 2 aromatic rings. The van der Waals surface area contributed by atoms with Crippen LogP contribution in [-0.4, -0.2) is 15.8 Å². The van der Waals surface area contributed by atoms with Crippen molar-refractivity contribution < 1.29 is 4.79 Å². The summed E-state index contributed by atoms with van der Waals surface area (Å²) >= 11 is 0. The number of aromatic amines is 1. The molecule has 2 aromatic heterocycles. The maximum absolute atomic E-state index is 10.8. The standard InChI is InChI=1S/C10H10N2O/c1-7(13)4-9-5-8-2-3-11-10(8)6-12-9/h2-3,5-6,11H,4H2,1H3. The van der Waals surface area contributed by atoms with Gasteiger partial charge >= 0.3 is 0 Å². The molecule has 66 valence electrons. The van der Waals surface area contributed by atoms with Gasteiger partial charge in [0.2, 0.25) is 0 Å². The molecule has 0 radical (unpaired) electrons. The highest BCUT2D eigenvalue weighted by Gasteiger charge is 2.00. The lowest BCUT2D eigenvalue weighted by atomic mass is 10.2. The second-order valence-electron chi connectivity index (χ2n) is 3.12. The highest BCUT2D eigenvalue weighted by molar-refractivity contribution is 5.81. The molecule has 0 aliphatic rings. The topological polar surface area (TPSA) is 45.8 Å². The Morgan fingerprint density at radius 3 is 3.23 bits per heavy atom. The molecule has 0 spiro atoms. The van der Waals surface area contributed by atoms with Gasteiger partial charge < -0.3 is 4.98 Å². The third kappa shape index (κ3) is 1.59. The molecule has 0 amide bonds. The summed E-state index contributed by atoms with van der Waals surface area (Å²) in [6.45, 7) is 1.57. The van der Waals surface area contributed by atoms with Crippen LogP contribution in [0.3, 0.4) is 0 Å². The van der Waals surface area contributed by atoms with E-state index in [1.165, 1.54) is 0 Å². The van der Waals surface area contributed by atoms with Crippen molar-refractivity contribution in [2.24, 2.45) is 0 Å². The average molecular weight is 174 g/mol. The first-order valence-corrected chi connectivity index (χ1v) is 4.17. The van der Waals surface area contributed by atoms with E-state index in [9.17, 15) is 4.79 Å². The summed E-state index contributed by atoms with van der Waals surface area (Å²) in [7, 11) is 0. The van der Waals surface area contributed by atoms with Crippen LogP contribution < -0.4 is 0 Å². The second kappa shape index (κ2) is 3.01. The number of fused-ring (bicyclic) bond motifs is 1. The normalized spacial score (nSPS) is 10.5. The fraction of sp³-hybridized carbons (Fsp3) is 0.200. The average Bonchev–Trinajstić information content (AvgIpc) is 2.49. The molecule has 1 N–H and O–H groups in total. The molecular formula is C10H10N2O. The number of carbonyl (C=O) groups excluding carboxylic acids is 1. The predicted octanol–water partition coefficient (Wildman–Crippen LogP) is 1.69. The predicted molar refractivity (Wildman–Crippen MR) is 50.5 cm³/mol. The molecule has 0 fully saturated rings. The summed E-state index contributed by atoms with van der Waals surface area (Å²) in [5.41, 5.74) is 1.84. The first-order valence-electron chi connectivity index (χ1n) is 4.17. The number of hydrogen-bond donors (Lipinski definition) is 1. The van der Waals surface area contributed by atoms with Crippen molar-refractivity contribution in [3.63, 3.8) is 0 Å². The monoisotopic (exact) mass is 174 g/mol. The lowest BCUT2D eigenvalue weighted by Crippen LogP contribution is -1.98. The number of Topliss-reactive ketones (excluding diaryl/α,β-unsaturated/α-hetero) is 1. The third-order valence-electron chi connectivity index (χ3n) is 1.92. The van der Waals surface area contributed by atoms with Crippen molar-refractivity contribution in [3.05, 3.63) is 30.2 Å². The van der Waals surface area contributed by atoms with Gasteiger partial charge in [-0.3, -0.25) is 9.78 Å². The molecule has 0 saturated heterocycles. The minimum atomic E-state index is 0.141. The molecule has 2 rings (SSSR count). The summed E-state index contributed by atoms with van der Waals surface area (Å²) < 4.78 is 0. The van der Waals surface area contributed by atoms with Gasteiger partial charge in [0.05, 0.1) is 11.7 Å². The number of H-pyrrole nitrogens is 1. The van der Waals surface area contributed by atoms with Crippen molar-refractivity contribution in [2.75, 3.05) is 0 Å². The highest BCUT2D eigenvalue weighted by atomic mass is 16.1. The quantitative estimate of drug-likeness (QED) is 0.753. The van der Waals surface area contributed by atoms with Gasteiger partial charge in [0, 0.05) is 23.7 Å². The van der Waals surface area contributed by atoms with Gasteiger partial charge in [-0.1, -0.05) is 0 Å². The van der Waals surface area contributed by atoms with Gasteiger partial charge in [-0.25, -0.2) is 0 Å². The molecule has 0 unspecified atom stereocenters. The van der Waals surface area contributed by atoms with Gasteiger partial charge in [0.1, 0.15) is 5.78 Å². The Balaban J connectivity index is 2.42. The summed E-state index contributed by atoms with van der Waals surface area (Å²) in [5.74, 6) is 0.141. The Bertz CT molecular complexity index is 445. The Hall–Kier alpha value is -1.64. The molecule has 0 atom stereocenters. The molecule has 3 heteroatoms. The Morgan fingerprint density at radius 2 is 2.46 bits per heavy atom. The van der Waals surface area contributed by atoms with E-state index < -0.39 is 0 Å². The molecular weight excluding hydrogens is 164 g/mol. The SMILES string of the molecule is CC(=O)Cc1cc2cc[nH]c2cn1. The largest absolute Gasteiger partial charge is 0.360 e. The van der Waals surface area contributed by atoms with E-state index in [0.717, 1.165) is 16.6 Å². The molecule has 0 aromatic carbocycles. The number of carbonyl (C=O) groups is 1. The number of ketones is 1. The van der Waals surface area contributed by atoms with Crippen molar-refractivity contribution in [1.29, 1.82) is 0 Å². The number of rotatable bonds is 2. The van der Waals surface area contributed by atoms with E-state index in [2.05, 4.69) is 9.97 Å². The van der Waals surface area contributed by atoms with Gasteiger partial charge in [-0.2, -0.15) is 0 Å². The van der Waals surface area contributed by atoms with Crippen molar-refractivity contribution in [1.82, 2.24) is 9.97 Å². The zero-order chi connectivity index (χ0) is 9.26. The molecule has 0 aliphatic heterocycles. The Labute approximate surface area is 75.8 Å². The number of aromatic nitrogens is 2. The first kappa shape index (κ1) is 7.98. The van der Waals surface area contributed by atoms with Crippen molar-refractivity contribution in [3.8, 4) is 0 Å². The Morgan fingerprint density at radius 1 is 1.62 bits per heavy atom. The summed E-state index contributed by atoms with van der Waals surface area (Å²) in [6.07, 6.45) is 4.04. The smallest absolute Gasteiger partial charge is 0.135 e. The lowest BCUT2D eigenvalue weighted by molar-refractivity contribution is -0.116. The Kier molecular flexibility index (Phi) is 1.85. The van der Waals surface area contributed by atoms with E-state index in [1.54, 1.807) is 13.1 Å².